The quantitative estimate of drug-likeness (QED) is 0.549. The Bertz CT molecular complexity index is 1080. The van der Waals surface area contributed by atoms with Gasteiger partial charge in [-0.1, -0.05) is 54.1 Å². The zero-order chi connectivity index (χ0) is 23.3. The Kier molecular flexibility index (Phi) is 7.07. The molecule has 1 amide bonds. The number of aromatic nitrogens is 2. The number of carbonyl (C=O) groups excluding carboxylic acids is 1. The lowest BCUT2D eigenvalue weighted by molar-refractivity contribution is -0.137. The number of hydrogen-bond donors (Lipinski definition) is 0. The number of anilines is 1. The standard InChI is InChI=1S/C27H30ClN5O/c28-24-10-8-22(9-11-24)25-12-13-26(30-29-25)33-14-4-7-23(20-33)27(34)32-17-15-31(16-18-32)19-21-5-2-1-3-6-21/h1-3,5-6,8-13,23H,4,7,14-20H2. The average molecular weight is 476 g/mol. The van der Waals surface area contributed by atoms with Crippen molar-refractivity contribution < 1.29 is 4.79 Å². The van der Waals surface area contributed by atoms with E-state index < -0.39 is 0 Å². The van der Waals surface area contributed by atoms with E-state index >= 15 is 0 Å². The van der Waals surface area contributed by atoms with E-state index in [0.29, 0.717) is 11.6 Å². The van der Waals surface area contributed by atoms with Crippen LogP contribution in [0.1, 0.15) is 18.4 Å². The van der Waals surface area contributed by atoms with Gasteiger partial charge < -0.3 is 9.80 Å². The van der Waals surface area contributed by atoms with Crippen LogP contribution in [0.3, 0.4) is 0 Å². The van der Waals surface area contributed by atoms with Crippen LogP contribution >= 0.6 is 11.6 Å². The number of carbonyl (C=O) groups is 1. The minimum atomic E-state index is 0.0205. The molecule has 0 N–H and O–H groups in total. The Balaban J connectivity index is 1.16. The number of hydrogen-bond acceptors (Lipinski definition) is 5. The summed E-state index contributed by atoms with van der Waals surface area (Å²) >= 11 is 5.99. The number of rotatable bonds is 5. The molecule has 176 valence electrons. The Morgan fingerprint density at radius 1 is 0.882 bits per heavy atom. The SMILES string of the molecule is O=C(C1CCCN(c2ccc(-c3ccc(Cl)cc3)nn2)C1)N1CCN(Cc2ccccc2)CC1. The normalized spacial score (nSPS) is 19.3. The highest BCUT2D eigenvalue weighted by atomic mass is 35.5. The molecule has 1 atom stereocenters. The summed E-state index contributed by atoms with van der Waals surface area (Å²) in [6, 6.07) is 22.1. The molecule has 6 nitrogen and oxygen atoms in total. The third-order valence-corrected chi connectivity index (χ3v) is 7.07. The maximum Gasteiger partial charge on any atom is 0.227 e. The molecule has 3 heterocycles. The largest absolute Gasteiger partial charge is 0.354 e. The number of halogens is 1. The van der Waals surface area contributed by atoms with Crippen molar-refractivity contribution in [2.75, 3.05) is 44.2 Å². The molecule has 0 aliphatic carbocycles. The second-order valence-corrected chi connectivity index (χ2v) is 9.59. The summed E-state index contributed by atoms with van der Waals surface area (Å²) in [7, 11) is 0. The van der Waals surface area contributed by atoms with Gasteiger partial charge in [0, 0.05) is 56.4 Å². The van der Waals surface area contributed by atoms with Crippen LogP contribution in [0, 0.1) is 5.92 Å². The van der Waals surface area contributed by atoms with Crippen molar-refractivity contribution >= 4 is 23.3 Å². The fraction of sp³-hybridized carbons (Fsp3) is 0.370. The molecule has 0 spiro atoms. The van der Waals surface area contributed by atoms with Crippen LogP contribution in [0.2, 0.25) is 5.02 Å². The minimum Gasteiger partial charge on any atom is -0.354 e. The van der Waals surface area contributed by atoms with Crippen molar-refractivity contribution in [3.8, 4) is 11.3 Å². The smallest absolute Gasteiger partial charge is 0.227 e. The summed E-state index contributed by atoms with van der Waals surface area (Å²) in [6.45, 7) is 6.02. The van der Waals surface area contributed by atoms with Gasteiger partial charge in [-0.25, -0.2) is 0 Å². The maximum absolute atomic E-state index is 13.3. The summed E-state index contributed by atoms with van der Waals surface area (Å²) in [4.78, 5) is 20.0. The minimum absolute atomic E-state index is 0.0205. The Hall–Kier alpha value is -2.96. The summed E-state index contributed by atoms with van der Waals surface area (Å²) in [5, 5.41) is 9.59. The van der Waals surface area contributed by atoms with E-state index in [4.69, 9.17) is 11.6 Å². The Morgan fingerprint density at radius 2 is 1.65 bits per heavy atom. The van der Waals surface area contributed by atoms with Gasteiger partial charge in [-0.05, 0) is 42.7 Å². The van der Waals surface area contributed by atoms with Crippen LogP contribution in [0.15, 0.2) is 66.7 Å². The molecule has 2 fully saturated rings. The fourth-order valence-electron chi connectivity index (χ4n) is 4.88. The van der Waals surface area contributed by atoms with Crippen LogP contribution in [0.5, 0.6) is 0 Å². The first-order valence-electron chi connectivity index (χ1n) is 12.1. The van der Waals surface area contributed by atoms with Crippen molar-refractivity contribution in [2.24, 2.45) is 5.92 Å². The van der Waals surface area contributed by atoms with Crippen LogP contribution in [0.25, 0.3) is 11.3 Å². The predicted octanol–water partition coefficient (Wildman–Crippen LogP) is 4.36. The molecule has 2 saturated heterocycles. The van der Waals surface area contributed by atoms with Gasteiger partial charge in [0.05, 0.1) is 11.6 Å². The second-order valence-electron chi connectivity index (χ2n) is 9.16. The van der Waals surface area contributed by atoms with Gasteiger partial charge in [0.25, 0.3) is 0 Å². The molecule has 3 aromatic rings. The first-order valence-corrected chi connectivity index (χ1v) is 12.4. The van der Waals surface area contributed by atoms with E-state index in [1.54, 1.807) is 0 Å². The van der Waals surface area contributed by atoms with Gasteiger partial charge >= 0.3 is 0 Å². The highest BCUT2D eigenvalue weighted by molar-refractivity contribution is 6.30. The van der Waals surface area contributed by atoms with Crippen molar-refractivity contribution in [2.45, 2.75) is 19.4 Å². The molecule has 0 saturated carbocycles. The number of benzene rings is 2. The topological polar surface area (TPSA) is 52.6 Å². The lowest BCUT2D eigenvalue weighted by Gasteiger charge is -2.39. The number of piperidine rings is 1. The summed E-state index contributed by atoms with van der Waals surface area (Å²) in [5.74, 6) is 1.14. The van der Waals surface area contributed by atoms with Crippen LogP contribution < -0.4 is 4.90 Å². The highest BCUT2D eigenvalue weighted by Crippen LogP contribution is 2.25. The van der Waals surface area contributed by atoms with Crippen LogP contribution in [-0.4, -0.2) is 65.2 Å². The van der Waals surface area contributed by atoms with E-state index in [0.717, 1.165) is 69.2 Å². The van der Waals surface area contributed by atoms with E-state index in [2.05, 4.69) is 49.2 Å². The first kappa shape index (κ1) is 22.8. The lowest BCUT2D eigenvalue weighted by Crippen LogP contribution is -2.52. The third kappa shape index (κ3) is 5.40. The Morgan fingerprint density at radius 3 is 2.35 bits per heavy atom. The fourth-order valence-corrected chi connectivity index (χ4v) is 5.01. The molecule has 2 aliphatic rings. The van der Waals surface area contributed by atoms with Gasteiger partial charge in [-0.15, -0.1) is 10.2 Å². The molecule has 5 rings (SSSR count). The second kappa shape index (κ2) is 10.5. The van der Waals surface area contributed by atoms with Gasteiger partial charge in [0.15, 0.2) is 5.82 Å². The van der Waals surface area contributed by atoms with Gasteiger partial charge in [-0.3, -0.25) is 9.69 Å². The predicted molar refractivity (Wildman–Crippen MR) is 136 cm³/mol. The van der Waals surface area contributed by atoms with Gasteiger partial charge in [0.1, 0.15) is 0 Å². The highest BCUT2D eigenvalue weighted by Gasteiger charge is 2.31. The molecular weight excluding hydrogens is 446 g/mol. The summed E-state index contributed by atoms with van der Waals surface area (Å²) in [5.41, 5.74) is 3.13. The molecule has 2 aliphatic heterocycles. The molecular formula is C27H30ClN5O. The molecule has 0 radical (unpaired) electrons. The molecule has 1 aromatic heterocycles. The molecule has 34 heavy (non-hydrogen) atoms. The number of nitrogens with zero attached hydrogens (tertiary/aromatic N) is 5. The van der Waals surface area contributed by atoms with Gasteiger partial charge in [-0.2, -0.15) is 0 Å². The summed E-state index contributed by atoms with van der Waals surface area (Å²) < 4.78 is 0. The zero-order valence-corrected chi connectivity index (χ0v) is 20.1. The summed E-state index contributed by atoms with van der Waals surface area (Å²) in [6.07, 6.45) is 1.93. The van der Waals surface area contributed by atoms with Crippen molar-refractivity contribution in [3.05, 3.63) is 77.3 Å². The lowest BCUT2D eigenvalue weighted by atomic mass is 9.96. The average Bonchev–Trinajstić information content (AvgIpc) is 2.90. The number of piperazine rings is 1. The van der Waals surface area contributed by atoms with E-state index in [-0.39, 0.29) is 11.8 Å². The first-order chi connectivity index (χ1) is 16.7. The van der Waals surface area contributed by atoms with Crippen LogP contribution in [-0.2, 0) is 11.3 Å². The van der Waals surface area contributed by atoms with Crippen LogP contribution in [0.4, 0.5) is 5.82 Å². The molecule has 0 bridgehead atoms. The molecule has 1 unspecified atom stereocenters. The van der Waals surface area contributed by atoms with E-state index in [1.165, 1.54) is 5.56 Å². The molecule has 2 aromatic carbocycles. The number of amides is 1. The van der Waals surface area contributed by atoms with Crippen molar-refractivity contribution in [3.63, 3.8) is 0 Å². The molecule has 7 heteroatoms. The van der Waals surface area contributed by atoms with Crippen molar-refractivity contribution in [1.82, 2.24) is 20.0 Å². The van der Waals surface area contributed by atoms with Crippen molar-refractivity contribution in [1.29, 1.82) is 0 Å². The van der Waals surface area contributed by atoms with E-state index in [9.17, 15) is 4.79 Å². The zero-order valence-electron chi connectivity index (χ0n) is 19.3. The third-order valence-electron chi connectivity index (χ3n) is 6.82. The maximum atomic E-state index is 13.3. The Labute approximate surface area is 206 Å². The monoisotopic (exact) mass is 475 g/mol. The van der Waals surface area contributed by atoms with E-state index in [1.807, 2.05) is 42.5 Å². The van der Waals surface area contributed by atoms with Gasteiger partial charge in [0.2, 0.25) is 5.91 Å².